The lowest BCUT2D eigenvalue weighted by Gasteiger charge is -2.06. The zero-order chi connectivity index (χ0) is 15.4. The van der Waals surface area contributed by atoms with Crippen molar-refractivity contribution in [3.05, 3.63) is 54.6 Å². The lowest BCUT2D eigenvalue weighted by atomic mass is 10.2. The van der Waals surface area contributed by atoms with Gasteiger partial charge in [-0.25, -0.2) is 0 Å². The maximum Gasteiger partial charge on any atom is 0.266 e. The van der Waals surface area contributed by atoms with Crippen molar-refractivity contribution in [1.29, 1.82) is 5.26 Å². The predicted octanol–water partition coefficient (Wildman–Crippen LogP) is 5.36. The summed E-state index contributed by atoms with van der Waals surface area (Å²) >= 11 is 16.6. The first-order valence-electron chi connectivity index (χ1n) is 5.62. The van der Waals surface area contributed by atoms with Crippen molar-refractivity contribution in [2.45, 2.75) is 0 Å². The van der Waals surface area contributed by atoms with Crippen LogP contribution in [0, 0.1) is 11.3 Å². The minimum Gasteiger partial charge on any atom is -0.320 e. The average molecular weight is 402 g/mol. The molecule has 106 valence electrons. The summed E-state index contributed by atoms with van der Waals surface area (Å²) in [5, 5.41) is 14.3. The molecule has 0 aliphatic heterocycles. The van der Waals surface area contributed by atoms with E-state index in [1.54, 1.807) is 12.1 Å². The third-order valence-electron chi connectivity index (χ3n) is 2.44. The largest absolute Gasteiger partial charge is 0.320 e. The van der Waals surface area contributed by atoms with E-state index in [0.717, 1.165) is 9.35 Å². The number of halogens is 3. The van der Waals surface area contributed by atoms with Crippen LogP contribution in [-0.2, 0) is 4.79 Å². The average Bonchev–Trinajstić information content (AvgIpc) is 2.85. The summed E-state index contributed by atoms with van der Waals surface area (Å²) in [6.45, 7) is 0. The third kappa shape index (κ3) is 4.32. The summed E-state index contributed by atoms with van der Waals surface area (Å²) in [7, 11) is 0. The Kier molecular flexibility index (Phi) is 5.43. The molecule has 1 aromatic heterocycles. The van der Waals surface area contributed by atoms with Crippen molar-refractivity contribution >= 4 is 68.1 Å². The molecule has 0 radical (unpaired) electrons. The van der Waals surface area contributed by atoms with Crippen LogP contribution in [0.4, 0.5) is 5.69 Å². The topological polar surface area (TPSA) is 52.9 Å². The third-order valence-corrected chi connectivity index (χ3v) is 4.53. The van der Waals surface area contributed by atoms with Gasteiger partial charge in [-0.15, -0.1) is 11.3 Å². The molecule has 0 unspecified atom stereocenters. The molecule has 2 rings (SSSR count). The van der Waals surface area contributed by atoms with Crippen LogP contribution in [0.15, 0.2) is 39.0 Å². The molecule has 1 amide bonds. The lowest BCUT2D eigenvalue weighted by Crippen LogP contribution is -2.13. The number of nitriles is 1. The van der Waals surface area contributed by atoms with E-state index in [1.807, 2.05) is 17.5 Å². The highest BCUT2D eigenvalue weighted by atomic mass is 79.9. The van der Waals surface area contributed by atoms with Crippen molar-refractivity contribution in [3.8, 4) is 6.07 Å². The second-order valence-electron chi connectivity index (χ2n) is 3.93. The van der Waals surface area contributed by atoms with Crippen LogP contribution in [0.1, 0.15) is 5.56 Å². The van der Waals surface area contributed by atoms with Gasteiger partial charge in [0.2, 0.25) is 0 Å². The Bertz CT molecular complexity index is 765. The first-order chi connectivity index (χ1) is 9.99. The van der Waals surface area contributed by atoms with Crippen molar-refractivity contribution in [3.63, 3.8) is 0 Å². The summed E-state index contributed by atoms with van der Waals surface area (Å²) in [6, 6.07) is 8.41. The first-order valence-corrected chi connectivity index (χ1v) is 8.04. The maximum atomic E-state index is 12.1. The number of hydrogen-bond acceptors (Lipinski definition) is 3. The van der Waals surface area contributed by atoms with E-state index in [0.29, 0.717) is 15.7 Å². The Morgan fingerprint density at radius 1 is 1.38 bits per heavy atom. The minimum absolute atomic E-state index is 0.0173. The molecule has 1 N–H and O–H groups in total. The zero-order valence-corrected chi connectivity index (χ0v) is 14.3. The van der Waals surface area contributed by atoms with E-state index in [-0.39, 0.29) is 5.57 Å². The van der Waals surface area contributed by atoms with E-state index in [9.17, 15) is 4.79 Å². The molecular weight excluding hydrogens is 395 g/mol. The Hall–Kier alpha value is -1.32. The monoisotopic (exact) mass is 400 g/mol. The van der Waals surface area contributed by atoms with Crippen LogP contribution in [0.25, 0.3) is 6.08 Å². The van der Waals surface area contributed by atoms with Gasteiger partial charge >= 0.3 is 0 Å². The summed E-state index contributed by atoms with van der Waals surface area (Å²) in [6.07, 6.45) is 1.51. The maximum absolute atomic E-state index is 12.1. The van der Waals surface area contributed by atoms with Crippen molar-refractivity contribution in [1.82, 2.24) is 0 Å². The summed E-state index contributed by atoms with van der Waals surface area (Å²) in [5.41, 5.74) is 1.12. The van der Waals surface area contributed by atoms with E-state index in [4.69, 9.17) is 28.5 Å². The van der Waals surface area contributed by atoms with Gasteiger partial charge in [-0.2, -0.15) is 5.26 Å². The molecule has 0 atom stereocenters. The number of rotatable bonds is 3. The SMILES string of the molecule is N#C/C(=C\c1csc(Br)c1)C(=O)Nc1cc(Cl)ccc1Cl. The van der Waals surface area contributed by atoms with E-state index in [1.165, 1.54) is 23.5 Å². The summed E-state index contributed by atoms with van der Waals surface area (Å²) in [4.78, 5) is 12.1. The lowest BCUT2D eigenvalue weighted by molar-refractivity contribution is -0.112. The number of nitrogens with zero attached hydrogens (tertiary/aromatic N) is 1. The van der Waals surface area contributed by atoms with Crippen molar-refractivity contribution < 1.29 is 4.79 Å². The van der Waals surface area contributed by atoms with Gasteiger partial charge in [-0.1, -0.05) is 23.2 Å². The van der Waals surface area contributed by atoms with Gasteiger partial charge in [0.15, 0.2) is 0 Å². The highest BCUT2D eigenvalue weighted by Gasteiger charge is 2.12. The number of thiophene rings is 1. The van der Waals surface area contributed by atoms with Gasteiger partial charge in [0.25, 0.3) is 5.91 Å². The quantitative estimate of drug-likeness (QED) is 0.555. The second kappa shape index (κ2) is 7.10. The Labute approximate surface area is 143 Å². The van der Waals surface area contributed by atoms with Crippen LogP contribution >= 0.6 is 50.5 Å². The predicted molar refractivity (Wildman–Crippen MR) is 90.7 cm³/mol. The summed E-state index contributed by atoms with van der Waals surface area (Å²) < 4.78 is 0.921. The van der Waals surface area contributed by atoms with Gasteiger partial charge in [0.05, 0.1) is 14.5 Å². The molecule has 0 bridgehead atoms. The highest BCUT2D eigenvalue weighted by molar-refractivity contribution is 9.11. The molecule has 3 nitrogen and oxygen atoms in total. The van der Waals surface area contributed by atoms with Gasteiger partial charge < -0.3 is 5.32 Å². The number of hydrogen-bond donors (Lipinski definition) is 1. The van der Waals surface area contributed by atoms with Crippen LogP contribution in [0.3, 0.4) is 0 Å². The van der Waals surface area contributed by atoms with Crippen molar-refractivity contribution in [2.75, 3.05) is 5.32 Å². The molecule has 0 fully saturated rings. The fourth-order valence-electron chi connectivity index (χ4n) is 1.50. The number of benzene rings is 1. The first kappa shape index (κ1) is 16.1. The number of carbonyl (C=O) groups excluding carboxylic acids is 1. The normalized spacial score (nSPS) is 11.0. The molecule has 0 aliphatic carbocycles. The molecule has 0 aliphatic rings. The molecule has 7 heteroatoms. The molecule has 2 aromatic rings. The van der Waals surface area contributed by atoms with Gasteiger partial charge in [0, 0.05) is 5.02 Å². The summed E-state index contributed by atoms with van der Waals surface area (Å²) in [5.74, 6) is -0.538. The van der Waals surface area contributed by atoms with E-state index >= 15 is 0 Å². The van der Waals surface area contributed by atoms with Crippen molar-refractivity contribution in [2.24, 2.45) is 0 Å². The Morgan fingerprint density at radius 3 is 2.76 bits per heavy atom. The standard InChI is InChI=1S/C14H7BrCl2N2OS/c15-13-4-8(7-21-13)3-9(6-18)14(20)19-12-5-10(16)1-2-11(12)17/h1-5,7H,(H,19,20)/b9-3+. The molecular formula is C14H7BrCl2N2OS. The van der Waals surface area contributed by atoms with Crippen LogP contribution in [0.5, 0.6) is 0 Å². The Balaban J connectivity index is 2.23. The number of anilines is 1. The smallest absolute Gasteiger partial charge is 0.266 e. The van der Waals surface area contributed by atoms with Gasteiger partial charge in [-0.3, -0.25) is 4.79 Å². The van der Waals surface area contributed by atoms with Crippen LogP contribution in [-0.4, -0.2) is 5.91 Å². The van der Waals surface area contributed by atoms with Gasteiger partial charge in [0.1, 0.15) is 11.6 Å². The van der Waals surface area contributed by atoms with Crippen LogP contribution < -0.4 is 5.32 Å². The molecule has 0 saturated carbocycles. The molecule has 21 heavy (non-hydrogen) atoms. The van der Waals surface area contributed by atoms with Crippen LogP contribution in [0.2, 0.25) is 10.0 Å². The zero-order valence-electron chi connectivity index (χ0n) is 10.4. The molecule has 0 saturated heterocycles. The number of amides is 1. The molecule has 1 heterocycles. The van der Waals surface area contributed by atoms with E-state index < -0.39 is 5.91 Å². The number of nitrogens with one attached hydrogen (secondary N) is 1. The van der Waals surface area contributed by atoms with E-state index in [2.05, 4.69) is 21.2 Å². The van der Waals surface area contributed by atoms with Gasteiger partial charge in [-0.05, 0) is 57.2 Å². The fourth-order valence-corrected chi connectivity index (χ4v) is 2.97. The molecule has 0 spiro atoms. The minimum atomic E-state index is -0.538. The Morgan fingerprint density at radius 2 is 2.14 bits per heavy atom. The number of carbonyl (C=O) groups is 1. The molecule has 1 aromatic carbocycles. The second-order valence-corrected chi connectivity index (χ2v) is 7.07. The highest BCUT2D eigenvalue weighted by Crippen LogP contribution is 2.26. The fraction of sp³-hybridized carbons (Fsp3) is 0.